The van der Waals surface area contributed by atoms with E-state index < -0.39 is 6.04 Å². The molecular weight excluding hydrogens is 333 g/mol. The second-order valence-corrected chi connectivity index (χ2v) is 5.92. The number of benzene rings is 1. The van der Waals surface area contributed by atoms with Crippen LogP contribution in [-0.2, 0) is 0 Å². The summed E-state index contributed by atoms with van der Waals surface area (Å²) in [4.78, 5) is 0. The van der Waals surface area contributed by atoms with E-state index in [9.17, 15) is 4.39 Å². The van der Waals surface area contributed by atoms with Gasteiger partial charge in [-0.3, -0.25) is 4.68 Å². The second-order valence-electron chi connectivity index (χ2n) is 4.60. The smallest absolute Gasteiger partial charge is 0.124 e. The lowest BCUT2D eigenvalue weighted by atomic mass is 10.0. The van der Waals surface area contributed by atoms with Gasteiger partial charge in [0.1, 0.15) is 5.82 Å². The molecule has 0 aliphatic carbocycles. The molecule has 0 bridgehead atoms. The first-order valence-corrected chi connectivity index (χ1v) is 7.01. The topological polar surface area (TPSA) is 43.8 Å². The van der Waals surface area contributed by atoms with Crippen LogP contribution < -0.4 is 5.73 Å². The number of nitrogens with two attached hydrogens (primary N) is 1. The highest BCUT2D eigenvalue weighted by atomic mass is 79.9. The van der Waals surface area contributed by atoms with Crippen molar-refractivity contribution in [2.45, 2.75) is 25.9 Å². The van der Waals surface area contributed by atoms with Gasteiger partial charge < -0.3 is 5.73 Å². The van der Waals surface area contributed by atoms with Crippen LogP contribution in [0.3, 0.4) is 0 Å². The van der Waals surface area contributed by atoms with Gasteiger partial charge in [-0.15, -0.1) is 0 Å². The number of aromatic nitrogens is 2. The predicted octanol–water partition coefficient (Wildman–Crippen LogP) is 4.07. The lowest BCUT2D eigenvalue weighted by Crippen LogP contribution is -2.19. The number of nitrogens with zero attached hydrogens (tertiary/aromatic N) is 2. The molecule has 2 rings (SSSR count). The minimum absolute atomic E-state index is 0.130. The molecule has 0 fully saturated rings. The normalized spacial score (nSPS) is 13.0. The van der Waals surface area contributed by atoms with E-state index in [4.69, 9.17) is 17.3 Å². The lowest BCUT2D eigenvalue weighted by Gasteiger charge is -2.18. The van der Waals surface area contributed by atoms with Gasteiger partial charge in [-0.25, -0.2) is 4.39 Å². The molecular formula is C13H14BrClFN3. The van der Waals surface area contributed by atoms with Crippen molar-refractivity contribution in [2.24, 2.45) is 5.73 Å². The Balaban J connectivity index is 2.49. The molecule has 1 atom stereocenters. The van der Waals surface area contributed by atoms with Crippen molar-refractivity contribution < 1.29 is 4.39 Å². The molecule has 0 aliphatic rings. The monoisotopic (exact) mass is 345 g/mol. The molecule has 19 heavy (non-hydrogen) atoms. The van der Waals surface area contributed by atoms with Crippen LogP contribution in [0.25, 0.3) is 0 Å². The molecule has 0 aliphatic heterocycles. The molecule has 0 amide bonds. The molecule has 1 heterocycles. The zero-order valence-corrected chi connectivity index (χ0v) is 12.9. The summed E-state index contributed by atoms with van der Waals surface area (Å²) in [7, 11) is 0. The largest absolute Gasteiger partial charge is 0.319 e. The highest BCUT2D eigenvalue weighted by molar-refractivity contribution is 9.10. The Morgan fingerprint density at radius 2 is 2.05 bits per heavy atom. The van der Waals surface area contributed by atoms with Crippen molar-refractivity contribution >= 4 is 27.5 Å². The van der Waals surface area contributed by atoms with Crippen molar-refractivity contribution in [3.05, 3.63) is 51.0 Å². The fourth-order valence-electron chi connectivity index (χ4n) is 1.97. The summed E-state index contributed by atoms with van der Waals surface area (Å²) >= 11 is 9.40. The van der Waals surface area contributed by atoms with Crippen LogP contribution in [0.2, 0.25) is 5.02 Å². The van der Waals surface area contributed by atoms with Crippen molar-refractivity contribution in [2.75, 3.05) is 0 Å². The van der Waals surface area contributed by atoms with Gasteiger partial charge >= 0.3 is 0 Å². The van der Waals surface area contributed by atoms with E-state index in [1.807, 2.05) is 13.8 Å². The summed E-state index contributed by atoms with van der Waals surface area (Å²) in [6, 6.07) is 4.18. The van der Waals surface area contributed by atoms with Crippen LogP contribution in [0.5, 0.6) is 0 Å². The average molecular weight is 347 g/mol. The van der Waals surface area contributed by atoms with Gasteiger partial charge in [-0.2, -0.15) is 5.10 Å². The Kier molecular flexibility index (Phi) is 4.28. The molecule has 102 valence electrons. The molecule has 2 N–H and O–H groups in total. The molecule has 1 unspecified atom stereocenters. The fourth-order valence-corrected chi connectivity index (χ4v) is 2.70. The second kappa shape index (κ2) is 5.61. The summed E-state index contributed by atoms with van der Waals surface area (Å²) in [5.74, 6) is -0.341. The molecule has 0 spiro atoms. The third kappa shape index (κ3) is 2.99. The Labute approximate surface area is 124 Å². The Hall–Kier alpha value is -0.910. The Morgan fingerprint density at radius 1 is 1.37 bits per heavy atom. The van der Waals surface area contributed by atoms with Gasteiger partial charge in [0.25, 0.3) is 0 Å². The van der Waals surface area contributed by atoms with Crippen LogP contribution in [0.1, 0.15) is 37.2 Å². The van der Waals surface area contributed by atoms with Crippen LogP contribution in [-0.4, -0.2) is 9.78 Å². The van der Waals surface area contributed by atoms with E-state index in [1.165, 1.54) is 12.1 Å². The van der Waals surface area contributed by atoms with Crippen LogP contribution in [0.15, 0.2) is 28.9 Å². The molecule has 6 heteroatoms. The SMILES string of the molecule is CC(C)n1ncc(Cl)c1C(N)c1cc(F)cc(Br)c1. The van der Waals surface area contributed by atoms with E-state index in [2.05, 4.69) is 21.0 Å². The zero-order chi connectivity index (χ0) is 14.2. The van der Waals surface area contributed by atoms with E-state index >= 15 is 0 Å². The maximum Gasteiger partial charge on any atom is 0.124 e. The Bertz CT molecular complexity index is 577. The first-order chi connectivity index (χ1) is 8.90. The van der Waals surface area contributed by atoms with Crippen molar-refractivity contribution in [1.82, 2.24) is 9.78 Å². The van der Waals surface area contributed by atoms with Crippen molar-refractivity contribution in [3.8, 4) is 0 Å². The van der Waals surface area contributed by atoms with E-state index in [0.29, 0.717) is 20.8 Å². The minimum atomic E-state index is -0.524. The maximum atomic E-state index is 13.4. The van der Waals surface area contributed by atoms with E-state index in [0.717, 1.165) is 0 Å². The number of hydrogen-bond acceptors (Lipinski definition) is 2. The highest BCUT2D eigenvalue weighted by Gasteiger charge is 2.20. The molecule has 3 nitrogen and oxygen atoms in total. The van der Waals surface area contributed by atoms with E-state index in [-0.39, 0.29) is 11.9 Å². The van der Waals surface area contributed by atoms with Crippen molar-refractivity contribution in [1.29, 1.82) is 0 Å². The zero-order valence-electron chi connectivity index (χ0n) is 10.6. The quantitative estimate of drug-likeness (QED) is 0.910. The highest BCUT2D eigenvalue weighted by Crippen LogP contribution is 2.30. The van der Waals surface area contributed by atoms with Crippen LogP contribution in [0.4, 0.5) is 4.39 Å². The molecule has 0 radical (unpaired) electrons. The summed E-state index contributed by atoms with van der Waals surface area (Å²) in [5, 5.41) is 4.69. The molecule has 1 aromatic heterocycles. The summed E-state index contributed by atoms with van der Waals surface area (Å²) < 4.78 is 15.8. The lowest BCUT2D eigenvalue weighted by molar-refractivity contribution is 0.498. The molecule has 0 saturated carbocycles. The maximum absolute atomic E-state index is 13.4. The number of halogens is 3. The van der Waals surface area contributed by atoms with Gasteiger partial charge in [0, 0.05) is 10.5 Å². The fraction of sp³-hybridized carbons (Fsp3) is 0.308. The molecule has 0 saturated heterocycles. The number of hydrogen-bond donors (Lipinski definition) is 1. The number of rotatable bonds is 3. The van der Waals surface area contributed by atoms with E-state index in [1.54, 1.807) is 16.9 Å². The predicted molar refractivity (Wildman–Crippen MR) is 77.8 cm³/mol. The van der Waals surface area contributed by atoms with Crippen molar-refractivity contribution in [3.63, 3.8) is 0 Å². The third-order valence-corrected chi connectivity index (χ3v) is 3.56. The van der Waals surface area contributed by atoms with Gasteiger partial charge in [0.15, 0.2) is 0 Å². The summed E-state index contributed by atoms with van der Waals surface area (Å²) in [6.45, 7) is 3.97. The van der Waals surface area contributed by atoms with Gasteiger partial charge in [0.05, 0.1) is 23.0 Å². The molecule has 2 aromatic rings. The van der Waals surface area contributed by atoms with Crippen LogP contribution >= 0.6 is 27.5 Å². The average Bonchev–Trinajstić information content (AvgIpc) is 2.69. The van der Waals surface area contributed by atoms with Gasteiger partial charge in [-0.1, -0.05) is 27.5 Å². The standard InChI is InChI=1S/C13H14BrClFN3/c1-7(2)19-13(11(15)6-18-19)12(17)8-3-9(14)5-10(16)4-8/h3-7,12H,17H2,1-2H3. The summed E-state index contributed by atoms with van der Waals surface area (Å²) in [6.07, 6.45) is 1.56. The van der Waals surface area contributed by atoms with Crippen LogP contribution in [0, 0.1) is 5.82 Å². The Morgan fingerprint density at radius 3 is 2.63 bits per heavy atom. The van der Waals surface area contributed by atoms with Gasteiger partial charge in [-0.05, 0) is 37.6 Å². The minimum Gasteiger partial charge on any atom is -0.319 e. The molecule has 1 aromatic carbocycles. The first kappa shape index (κ1) is 14.5. The van der Waals surface area contributed by atoms with Gasteiger partial charge in [0.2, 0.25) is 0 Å². The first-order valence-electron chi connectivity index (χ1n) is 5.84. The third-order valence-electron chi connectivity index (χ3n) is 2.81. The summed E-state index contributed by atoms with van der Waals surface area (Å²) in [5.41, 5.74) is 7.54.